The standard InChI is InChI=1S/C12H22F3.BrH.Mg/c1-2-3-4-5-6-7-8-9-10-11-12(13,14)15;;/h1-11H2;1H;/q;;+1/p-1. The minimum Gasteiger partial charge on any atom is -0.307 e. The van der Waals surface area contributed by atoms with Crippen LogP contribution in [-0.2, 0) is 0 Å². The fraction of sp³-hybridized carbons (Fsp3) is 1.00. The number of rotatable bonds is 11. The van der Waals surface area contributed by atoms with E-state index in [2.05, 4.69) is 12.9 Å². The monoisotopic (exact) mass is 326 g/mol. The van der Waals surface area contributed by atoms with Crippen molar-refractivity contribution in [3.63, 3.8) is 0 Å². The lowest BCUT2D eigenvalue weighted by Crippen LogP contribution is -2.06. The number of unbranched alkanes of at least 4 members (excludes halogenated alkanes) is 8. The molecule has 0 saturated carbocycles. The minimum atomic E-state index is -3.96. The molecule has 17 heavy (non-hydrogen) atoms. The molecule has 0 fully saturated rings. The SMILES string of the molecule is FC(F)(F)CCCCCCCCCC[CH2][Mg][Br]. The average Bonchev–Trinajstić information content (AvgIpc) is 2.24. The van der Waals surface area contributed by atoms with Gasteiger partial charge in [0.1, 0.15) is 0 Å². The third-order valence-electron chi connectivity index (χ3n) is 2.84. The van der Waals surface area contributed by atoms with Gasteiger partial charge in [0.2, 0.25) is 0 Å². The Bertz CT molecular complexity index is 162. The lowest BCUT2D eigenvalue weighted by atomic mass is 10.1. The first-order valence-electron chi connectivity index (χ1n) is 6.69. The largest absolute Gasteiger partial charge is 0.468 e. The van der Waals surface area contributed by atoms with Crippen LogP contribution >= 0.6 is 12.9 Å². The molecule has 0 heterocycles. The smallest absolute Gasteiger partial charge is 0.307 e. The van der Waals surface area contributed by atoms with E-state index in [1.807, 2.05) is 0 Å². The summed E-state index contributed by atoms with van der Waals surface area (Å²) in [6.45, 7) is 0. The summed E-state index contributed by atoms with van der Waals surface area (Å²) in [5.74, 6) is 0. The predicted molar refractivity (Wildman–Crippen MR) is 71.7 cm³/mol. The Morgan fingerprint density at radius 1 is 0.706 bits per heavy atom. The molecule has 0 aliphatic carbocycles. The highest BCUT2D eigenvalue weighted by atomic mass is 79.9. The molecule has 0 radical (unpaired) electrons. The van der Waals surface area contributed by atoms with Crippen molar-refractivity contribution in [2.75, 3.05) is 0 Å². The van der Waals surface area contributed by atoms with Gasteiger partial charge in [-0.1, -0.05) is 51.4 Å². The Morgan fingerprint density at radius 3 is 1.53 bits per heavy atom. The van der Waals surface area contributed by atoms with Crippen LogP contribution in [0.1, 0.15) is 64.2 Å². The van der Waals surface area contributed by atoms with Crippen LogP contribution in [0.5, 0.6) is 0 Å². The second-order valence-electron chi connectivity index (χ2n) is 4.59. The molecule has 0 spiro atoms. The Morgan fingerprint density at radius 2 is 1.12 bits per heavy atom. The van der Waals surface area contributed by atoms with Crippen molar-refractivity contribution in [2.24, 2.45) is 0 Å². The van der Waals surface area contributed by atoms with Gasteiger partial charge < -0.3 is 12.9 Å². The highest BCUT2D eigenvalue weighted by Crippen LogP contribution is 2.23. The van der Waals surface area contributed by atoms with E-state index in [-0.39, 0.29) is 18.2 Å². The van der Waals surface area contributed by atoms with Gasteiger partial charge in [-0.3, -0.25) is 0 Å². The zero-order chi connectivity index (χ0) is 13.0. The van der Waals surface area contributed by atoms with E-state index in [1.165, 1.54) is 36.7 Å². The summed E-state index contributed by atoms with van der Waals surface area (Å²) in [5.41, 5.74) is 0. The van der Waals surface area contributed by atoms with Crippen LogP contribution in [0.15, 0.2) is 0 Å². The molecule has 5 heteroatoms. The third-order valence-corrected chi connectivity index (χ3v) is 5.29. The number of hydrogen-bond acceptors (Lipinski definition) is 0. The van der Waals surface area contributed by atoms with Gasteiger partial charge in [0.25, 0.3) is 0 Å². The van der Waals surface area contributed by atoms with Gasteiger partial charge in [-0.15, -0.1) is 4.55 Å². The first-order valence-corrected chi connectivity index (χ1v) is 11.6. The van der Waals surface area contributed by atoms with Crippen LogP contribution < -0.4 is 0 Å². The van der Waals surface area contributed by atoms with Crippen molar-refractivity contribution in [1.82, 2.24) is 0 Å². The lowest BCUT2D eigenvalue weighted by molar-refractivity contribution is -0.135. The zero-order valence-corrected chi connectivity index (χ0v) is 13.5. The van der Waals surface area contributed by atoms with Gasteiger partial charge in [-0.25, -0.2) is 0 Å². The molecule has 0 atom stereocenters. The first-order chi connectivity index (χ1) is 8.06. The maximum absolute atomic E-state index is 11.8. The van der Waals surface area contributed by atoms with Crippen LogP contribution in [0.25, 0.3) is 0 Å². The molecule has 0 aromatic heterocycles. The molecular weight excluding hydrogens is 305 g/mol. The zero-order valence-electron chi connectivity index (χ0n) is 10.5. The maximum atomic E-state index is 11.8. The third kappa shape index (κ3) is 17.0. The van der Waals surface area contributed by atoms with Crippen LogP contribution in [0.2, 0.25) is 4.55 Å². The van der Waals surface area contributed by atoms with E-state index < -0.39 is 12.6 Å². The Labute approximate surface area is 119 Å². The number of alkyl halides is 3. The molecule has 0 aliphatic rings. The van der Waals surface area contributed by atoms with E-state index in [0.717, 1.165) is 19.3 Å². The quantitative estimate of drug-likeness (QED) is 0.328. The predicted octanol–water partition coefficient (Wildman–Crippen LogP) is 5.88. The molecule has 0 nitrogen and oxygen atoms in total. The van der Waals surface area contributed by atoms with E-state index in [1.54, 1.807) is 0 Å². The molecule has 0 bridgehead atoms. The van der Waals surface area contributed by atoms with Crippen molar-refractivity contribution in [3.05, 3.63) is 0 Å². The molecule has 0 N–H and O–H groups in total. The van der Waals surface area contributed by atoms with Gasteiger partial charge in [0, 0.05) is 6.42 Å². The van der Waals surface area contributed by atoms with Crippen molar-refractivity contribution in [2.45, 2.75) is 74.9 Å². The molecule has 0 aromatic carbocycles. The average molecular weight is 328 g/mol. The highest BCUT2D eigenvalue weighted by molar-refractivity contribution is 9.23. The fourth-order valence-corrected chi connectivity index (χ4v) is 3.57. The summed E-state index contributed by atoms with van der Waals surface area (Å²) < 4.78 is 36.9. The van der Waals surface area contributed by atoms with Crippen molar-refractivity contribution < 1.29 is 13.2 Å². The second-order valence-corrected chi connectivity index (χ2v) is 8.05. The summed E-state index contributed by atoms with van der Waals surface area (Å²) >= 11 is 3.61. The summed E-state index contributed by atoms with van der Waals surface area (Å²) in [6, 6.07) is 0. The first kappa shape index (κ1) is 18.0. The van der Waals surface area contributed by atoms with Gasteiger partial charge in [0.05, 0.1) is 0 Å². The van der Waals surface area contributed by atoms with Crippen molar-refractivity contribution >= 4 is 31.1 Å². The Balaban J connectivity index is 2.99. The molecular formula is C12H22BrF3Mg. The number of hydrogen-bond donors (Lipinski definition) is 0. The van der Waals surface area contributed by atoms with Crippen molar-refractivity contribution in [1.29, 1.82) is 0 Å². The Kier molecular flexibility index (Phi) is 12.8. The van der Waals surface area contributed by atoms with Gasteiger partial charge in [0.15, 0.2) is 0 Å². The summed E-state index contributed by atoms with van der Waals surface area (Å²) in [6.07, 6.45) is 4.95. The molecule has 0 aliphatic heterocycles. The summed E-state index contributed by atoms with van der Waals surface area (Å²) in [4.78, 5) is 0. The molecule has 0 saturated heterocycles. The van der Waals surface area contributed by atoms with Gasteiger partial charge >= 0.3 is 24.4 Å². The van der Waals surface area contributed by atoms with E-state index in [4.69, 9.17) is 0 Å². The van der Waals surface area contributed by atoms with Crippen LogP contribution in [0.4, 0.5) is 13.2 Å². The van der Waals surface area contributed by atoms with Crippen LogP contribution in [0, 0.1) is 0 Å². The maximum Gasteiger partial charge on any atom is 0.468 e. The minimum absolute atomic E-state index is 0.0694. The van der Waals surface area contributed by atoms with Crippen molar-refractivity contribution in [3.8, 4) is 0 Å². The van der Waals surface area contributed by atoms with E-state index in [0.29, 0.717) is 6.42 Å². The molecule has 100 valence electrons. The highest BCUT2D eigenvalue weighted by Gasteiger charge is 2.25. The van der Waals surface area contributed by atoms with Gasteiger partial charge in [-0.05, 0) is 6.42 Å². The summed E-state index contributed by atoms with van der Waals surface area (Å²) in [5, 5.41) is 0. The van der Waals surface area contributed by atoms with Crippen LogP contribution in [-0.4, -0.2) is 24.4 Å². The van der Waals surface area contributed by atoms with Gasteiger partial charge in [-0.2, -0.15) is 13.2 Å². The molecule has 0 aromatic rings. The van der Waals surface area contributed by atoms with E-state index in [9.17, 15) is 13.2 Å². The second kappa shape index (κ2) is 12.1. The fourth-order valence-electron chi connectivity index (χ4n) is 1.83. The lowest BCUT2D eigenvalue weighted by Gasteiger charge is -2.05. The molecule has 0 unspecified atom stereocenters. The topological polar surface area (TPSA) is 0 Å². The summed E-state index contributed by atoms with van der Waals surface area (Å²) in [7, 11) is 0. The van der Waals surface area contributed by atoms with Crippen LogP contribution in [0.3, 0.4) is 0 Å². The Hall–Kier alpha value is 1.04. The number of halogens is 4. The molecule has 0 rings (SSSR count). The normalized spacial score (nSPS) is 11.5. The molecule has 0 amide bonds. The van der Waals surface area contributed by atoms with E-state index >= 15 is 0 Å².